The lowest BCUT2D eigenvalue weighted by molar-refractivity contribution is -0.114. The van der Waals surface area contributed by atoms with Crippen LogP contribution in [0.3, 0.4) is 0 Å². The van der Waals surface area contributed by atoms with Gasteiger partial charge in [-0.2, -0.15) is 0 Å². The van der Waals surface area contributed by atoms with Crippen molar-refractivity contribution in [2.75, 3.05) is 44.5 Å². The Labute approximate surface area is 171 Å². The first-order valence-corrected chi connectivity index (χ1v) is 9.71. The number of anilines is 2. The Hall–Kier alpha value is -3.06. The monoisotopic (exact) mass is 397 g/mol. The van der Waals surface area contributed by atoms with Gasteiger partial charge in [0.2, 0.25) is 5.91 Å². The fraction of sp³-hybridized carbons (Fsp3) is 0.364. The third kappa shape index (κ3) is 6.22. The van der Waals surface area contributed by atoms with Crippen molar-refractivity contribution in [2.45, 2.75) is 18.9 Å². The molecule has 0 spiro atoms. The molecule has 2 aromatic carbocycles. The second-order valence-corrected chi connectivity index (χ2v) is 7.15. The quantitative estimate of drug-likeness (QED) is 0.716. The van der Waals surface area contributed by atoms with Crippen LogP contribution < -0.4 is 15.4 Å². The van der Waals surface area contributed by atoms with Gasteiger partial charge in [-0.3, -0.25) is 9.59 Å². The van der Waals surface area contributed by atoms with Crippen molar-refractivity contribution < 1.29 is 19.1 Å². The zero-order valence-electron chi connectivity index (χ0n) is 16.8. The summed E-state index contributed by atoms with van der Waals surface area (Å²) in [5.74, 6) is 0.487. The topological polar surface area (TPSA) is 79.9 Å². The van der Waals surface area contributed by atoms with E-state index in [1.54, 1.807) is 44.4 Å². The van der Waals surface area contributed by atoms with Gasteiger partial charge in [0.15, 0.2) is 0 Å². The number of benzene rings is 2. The van der Waals surface area contributed by atoms with E-state index >= 15 is 0 Å². The highest BCUT2D eigenvalue weighted by molar-refractivity contribution is 5.96. The van der Waals surface area contributed by atoms with Gasteiger partial charge in [-0.1, -0.05) is 6.07 Å². The maximum absolute atomic E-state index is 12.2. The Kier molecular flexibility index (Phi) is 7.08. The molecule has 1 fully saturated rings. The molecule has 0 saturated carbocycles. The van der Waals surface area contributed by atoms with E-state index in [9.17, 15) is 9.59 Å². The van der Waals surface area contributed by atoms with E-state index in [2.05, 4.69) is 10.6 Å². The summed E-state index contributed by atoms with van der Waals surface area (Å²) in [5, 5.41) is 5.88. The van der Waals surface area contributed by atoms with Crippen molar-refractivity contribution in [2.24, 2.45) is 0 Å². The van der Waals surface area contributed by atoms with E-state index in [1.165, 1.54) is 4.90 Å². The van der Waals surface area contributed by atoms with Gasteiger partial charge in [-0.15, -0.1) is 0 Å². The average molecular weight is 397 g/mol. The van der Waals surface area contributed by atoms with Crippen LogP contribution in [0.15, 0.2) is 48.5 Å². The Morgan fingerprint density at radius 2 is 1.93 bits per heavy atom. The molecular weight excluding hydrogens is 370 g/mol. The van der Waals surface area contributed by atoms with Crippen molar-refractivity contribution in [3.8, 4) is 5.75 Å². The van der Waals surface area contributed by atoms with Crippen molar-refractivity contribution >= 4 is 23.2 Å². The van der Waals surface area contributed by atoms with Gasteiger partial charge in [-0.05, 0) is 55.3 Å². The number of nitrogens with zero attached hydrogens (tertiary/aromatic N) is 1. The van der Waals surface area contributed by atoms with E-state index < -0.39 is 0 Å². The van der Waals surface area contributed by atoms with Gasteiger partial charge in [0.25, 0.3) is 5.91 Å². The second kappa shape index (κ2) is 9.93. The van der Waals surface area contributed by atoms with Gasteiger partial charge < -0.3 is 25.0 Å². The zero-order valence-corrected chi connectivity index (χ0v) is 16.8. The number of hydrogen-bond donors (Lipinski definition) is 2. The summed E-state index contributed by atoms with van der Waals surface area (Å²) < 4.78 is 11.3. The number of carbonyl (C=O) groups excluding carboxylic acids is 2. The molecule has 1 atom stereocenters. The molecule has 2 N–H and O–H groups in total. The van der Waals surface area contributed by atoms with Crippen LogP contribution in [-0.4, -0.2) is 56.7 Å². The number of ether oxygens (including phenoxy) is 2. The van der Waals surface area contributed by atoms with Gasteiger partial charge >= 0.3 is 0 Å². The average Bonchev–Trinajstić information content (AvgIpc) is 3.25. The normalized spacial score (nSPS) is 15.6. The Morgan fingerprint density at radius 3 is 2.62 bits per heavy atom. The molecular formula is C22H27N3O4. The standard InChI is InChI=1S/C22H27N3O4/c1-25(2)22(27)16-5-3-6-18(13-16)23-14-21(26)24-17-8-10-19(11-9-17)29-15-20-7-4-12-28-20/h3,5-6,8-11,13,20,23H,4,7,12,14-15H2,1-2H3,(H,24,26). The van der Waals surface area contributed by atoms with Crippen LogP contribution in [0.5, 0.6) is 5.75 Å². The van der Waals surface area contributed by atoms with E-state index in [1.807, 2.05) is 18.2 Å². The molecule has 0 aliphatic carbocycles. The highest BCUT2D eigenvalue weighted by atomic mass is 16.5. The van der Waals surface area contributed by atoms with Gasteiger partial charge in [0.05, 0.1) is 12.6 Å². The van der Waals surface area contributed by atoms with Crippen molar-refractivity contribution in [3.05, 3.63) is 54.1 Å². The van der Waals surface area contributed by atoms with Crippen LogP contribution in [0.2, 0.25) is 0 Å². The third-order valence-electron chi connectivity index (χ3n) is 4.57. The van der Waals surface area contributed by atoms with E-state index in [0.717, 1.165) is 25.2 Å². The van der Waals surface area contributed by atoms with Crippen molar-refractivity contribution in [3.63, 3.8) is 0 Å². The Bertz CT molecular complexity index is 830. The third-order valence-corrected chi connectivity index (χ3v) is 4.57. The van der Waals surface area contributed by atoms with Gasteiger partial charge in [-0.25, -0.2) is 0 Å². The molecule has 0 aromatic heterocycles. The van der Waals surface area contributed by atoms with Crippen molar-refractivity contribution in [1.82, 2.24) is 4.90 Å². The fourth-order valence-corrected chi connectivity index (χ4v) is 3.01. The molecule has 7 heteroatoms. The molecule has 1 aliphatic heterocycles. The number of nitrogens with one attached hydrogen (secondary N) is 2. The highest BCUT2D eigenvalue weighted by Crippen LogP contribution is 2.18. The Morgan fingerprint density at radius 1 is 1.14 bits per heavy atom. The molecule has 3 rings (SSSR count). The minimum atomic E-state index is -0.178. The summed E-state index contributed by atoms with van der Waals surface area (Å²) in [6, 6.07) is 14.3. The van der Waals surface area contributed by atoms with Crippen LogP contribution >= 0.6 is 0 Å². The van der Waals surface area contributed by atoms with E-state index in [-0.39, 0.29) is 24.5 Å². The van der Waals surface area contributed by atoms with Crippen LogP contribution in [0, 0.1) is 0 Å². The molecule has 2 aromatic rings. The second-order valence-electron chi connectivity index (χ2n) is 7.15. The summed E-state index contributed by atoms with van der Waals surface area (Å²) in [5.41, 5.74) is 1.97. The molecule has 1 saturated heterocycles. The number of amides is 2. The smallest absolute Gasteiger partial charge is 0.253 e. The van der Waals surface area contributed by atoms with Gasteiger partial charge in [0.1, 0.15) is 12.4 Å². The van der Waals surface area contributed by atoms with Gasteiger partial charge in [0, 0.05) is 37.6 Å². The number of hydrogen-bond acceptors (Lipinski definition) is 5. The zero-order chi connectivity index (χ0) is 20.6. The summed E-state index contributed by atoms with van der Waals surface area (Å²) in [6.45, 7) is 1.45. The largest absolute Gasteiger partial charge is 0.491 e. The molecule has 0 bridgehead atoms. The van der Waals surface area contributed by atoms with Crippen molar-refractivity contribution in [1.29, 1.82) is 0 Å². The Balaban J connectivity index is 1.45. The van der Waals surface area contributed by atoms with E-state index in [0.29, 0.717) is 23.5 Å². The predicted octanol–water partition coefficient (Wildman–Crippen LogP) is 3.00. The molecule has 29 heavy (non-hydrogen) atoms. The lowest BCUT2D eigenvalue weighted by Crippen LogP contribution is -2.23. The maximum Gasteiger partial charge on any atom is 0.253 e. The maximum atomic E-state index is 12.2. The van der Waals surface area contributed by atoms with Crippen LogP contribution in [0.4, 0.5) is 11.4 Å². The van der Waals surface area contributed by atoms with Crippen LogP contribution in [-0.2, 0) is 9.53 Å². The first kappa shape index (κ1) is 20.7. The first-order valence-electron chi connectivity index (χ1n) is 9.71. The lowest BCUT2D eigenvalue weighted by Gasteiger charge is -2.13. The minimum absolute atomic E-state index is 0.0834. The van der Waals surface area contributed by atoms with E-state index in [4.69, 9.17) is 9.47 Å². The summed E-state index contributed by atoms with van der Waals surface area (Å²) in [7, 11) is 3.41. The van der Waals surface area contributed by atoms with Crippen LogP contribution in [0.1, 0.15) is 23.2 Å². The summed E-state index contributed by atoms with van der Waals surface area (Å²) in [4.78, 5) is 25.7. The number of carbonyl (C=O) groups is 2. The molecule has 1 unspecified atom stereocenters. The fourth-order valence-electron chi connectivity index (χ4n) is 3.01. The number of rotatable bonds is 8. The summed E-state index contributed by atoms with van der Waals surface area (Å²) >= 11 is 0. The first-order chi connectivity index (χ1) is 14.0. The summed E-state index contributed by atoms with van der Waals surface area (Å²) in [6.07, 6.45) is 2.29. The lowest BCUT2D eigenvalue weighted by atomic mass is 10.2. The molecule has 0 radical (unpaired) electrons. The molecule has 2 amide bonds. The molecule has 154 valence electrons. The van der Waals surface area contributed by atoms with Crippen LogP contribution in [0.25, 0.3) is 0 Å². The SMILES string of the molecule is CN(C)C(=O)c1cccc(NCC(=O)Nc2ccc(OCC3CCCO3)cc2)c1. The molecule has 1 aliphatic rings. The highest BCUT2D eigenvalue weighted by Gasteiger charge is 2.16. The minimum Gasteiger partial charge on any atom is -0.491 e. The molecule has 7 nitrogen and oxygen atoms in total. The predicted molar refractivity (Wildman–Crippen MR) is 112 cm³/mol. The molecule has 1 heterocycles.